The molecule has 1 saturated heterocycles. The largest absolute Gasteiger partial charge is 0.480 e. The third-order valence-electron chi connectivity index (χ3n) is 11.5. The van der Waals surface area contributed by atoms with Crippen LogP contribution in [0.1, 0.15) is 63.0 Å². The number of hydrogen-bond acceptors (Lipinski definition) is 13. The lowest BCUT2D eigenvalue weighted by Gasteiger charge is -2.31. The number of benzene rings is 2. The number of carboxylic acid groups (broad SMARTS) is 1. The molecule has 4 amide bonds. The van der Waals surface area contributed by atoms with Crippen LogP contribution in [0.4, 0.5) is 4.39 Å². The number of aromatic nitrogens is 4. The number of aliphatic carboxylic acids is 1. The second-order valence-electron chi connectivity index (χ2n) is 16.6. The number of alkyl halides is 1. The zero-order chi connectivity index (χ0) is 49.9. The molecule has 0 bridgehead atoms. The maximum atomic E-state index is 15.9. The van der Waals surface area contributed by atoms with Gasteiger partial charge in [0, 0.05) is 74.3 Å². The number of likely N-dealkylation sites (tertiary alicyclic amines) is 1. The van der Waals surface area contributed by atoms with Crippen LogP contribution in [0.3, 0.4) is 0 Å². The third kappa shape index (κ3) is 18.8. The number of hydrogen-bond donors (Lipinski definition) is 4. The van der Waals surface area contributed by atoms with Crippen molar-refractivity contribution in [1.82, 2.24) is 40.4 Å². The number of nitrogens with one attached hydrogen (secondary N) is 3. The lowest BCUT2D eigenvalue weighted by atomic mass is 9.88. The first-order valence-corrected chi connectivity index (χ1v) is 24.5. The standard InChI is InChI=1S/C48H68ClFN8O12/c1-56-41-30-38(39(50)29-36(41)31-54-56)37-7-6-8-40-47(37)48(55-58(40)34-44(61)52-32-43(60)53-33-46(63)64)35-11-15-57(16-12-35)45(62)10-9-42(59)51-14-18-66-20-22-68-24-26-70-28-27-69-25-23-67-21-19-65-17-5-3-2-4-13-49/h6-8,29-31,35H,2-5,9-28,32-34H2,1H3,(H,51,59)(H,52,61)(H,53,60)(H,63,64). The summed E-state index contributed by atoms with van der Waals surface area (Å²) in [4.78, 5) is 63.5. The summed E-state index contributed by atoms with van der Waals surface area (Å²) in [6.45, 7) is 5.49. The predicted octanol–water partition coefficient (Wildman–Crippen LogP) is 3.55. The van der Waals surface area contributed by atoms with Crippen LogP contribution in [0.25, 0.3) is 32.9 Å². The molecule has 3 heterocycles. The molecule has 20 nitrogen and oxygen atoms in total. The number of nitrogens with zero attached hydrogens (tertiary/aromatic N) is 5. The topological polar surface area (TPSA) is 236 Å². The van der Waals surface area contributed by atoms with Crippen molar-refractivity contribution in [3.8, 4) is 11.1 Å². The van der Waals surface area contributed by atoms with Crippen LogP contribution >= 0.6 is 11.6 Å². The number of carbonyl (C=O) groups is 5. The molecule has 386 valence electrons. The van der Waals surface area contributed by atoms with Crippen LogP contribution in [0.5, 0.6) is 0 Å². The highest BCUT2D eigenvalue weighted by molar-refractivity contribution is 6.17. The second kappa shape index (κ2) is 31.1. The molecular weight excluding hydrogens is 935 g/mol. The number of rotatable bonds is 35. The van der Waals surface area contributed by atoms with E-state index in [4.69, 9.17) is 50.2 Å². The Bertz CT molecular complexity index is 2270. The number of piperidine rings is 1. The maximum Gasteiger partial charge on any atom is 0.322 e. The van der Waals surface area contributed by atoms with Gasteiger partial charge in [-0.15, -0.1) is 11.6 Å². The summed E-state index contributed by atoms with van der Waals surface area (Å²) in [5.74, 6) is -2.71. The fraction of sp³-hybridized carbons (Fsp3) is 0.604. The number of aryl methyl sites for hydroxylation is 1. The molecule has 0 atom stereocenters. The molecule has 0 aliphatic carbocycles. The number of carbonyl (C=O) groups excluding carboxylic acids is 4. The Kier molecular flexibility index (Phi) is 24.7. The molecule has 4 aromatic rings. The minimum atomic E-state index is -1.21. The van der Waals surface area contributed by atoms with E-state index in [0.29, 0.717) is 138 Å². The monoisotopic (exact) mass is 1000 g/mol. The van der Waals surface area contributed by atoms with Gasteiger partial charge in [-0.2, -0.15) is 10.2 Å². The van der Waals surface area contributed by atoms with Gasteiger partial charge in [0.2, 0.25) is 23.6 Å². The Morgan fingerprint density at radius 2 is 1.33 bits per heavy atom. The summed E-state index contributed by atoms with van der Waals surface area (Å²) in [6.07, 6.45) is 7.11. The quantitative estimate of drug-likeness (QED) is 0.0382. The SMILES string of the molecule is Cn1ncc2cc(F)c(-c3cccc4c3c(C3CCN(C(=O)CCC(=O)NCCOCCOCCOCCOCCOCCOCCCCCCCl)CC3)nn4CC(=O)NCC(=O)NCC(=O)O)cc21. The predicted molar refractivity (Wildman–Crippen MR) is 258 cm³/mol. The average molecular weight is 1000 g/mol. The highest BCUT2D eigenvalue weighted by Gasteiger charge is 2.30. The van der Waals surface area contributed by atoms with E-state index in [1.54, 1.807) is 47.1 Å². The van der Waals surface area contributed by atoms with E-state index < -0.39 is 36.7 Å². The number of unbranched alkanes of at least 4 members (excludes halogenated alkanes) is 3. The van der Waals surface area contributed by atoms with Gasteiger partial charge in [-0.3, -0.25) is 33.3 Å². The molecule has 5 rings (SSSR count). The summed E-state index contributed by atoms with van der Waals surface area (Å²) in [6, 6.07) is 8.52. The first kappa shape index (κ1) is 55.6. The minimum absolute atomic E-state index is 0.0288. The van der Waals surface area contributed by atoms with E-state index in [1.807, 2.05) is 0 Å². The van der Waals surface area contributed by atoms with Gasteiger partial charge >= 0.3 is 5.97 Å². The normalized spacial score (nSPS) is 13.0. The molecule has 0 spiro atoms. The van der Waals surface area contributed by atoms with E-state index in [2.05, 4.69) is 21.0 Å². The Labute approximate surface area is 412 Å². The van der Waals surface area contributed by atoms with Crippen molar-refractivity contribution in [2.24, 2.45) is 7.05 Å². The molecule has 0 saturated carbocycles. The number of fused-ring (bicyclic) bond motifs is 2. The van der Waals surface area contributed by atoms with Gasteiger partial charge in [0.25, 0.3) is 0 Å². The molecule has 0 radical (unpaired) electrons. The molecule has 1 aliphatic heterocycles. The van der Waals surface area contributed by atoms with Crippen LogP contribution in [0.2, 0.25) is 0 Å². The summed E-state index contributed by atoms with van der Waals surface area (Å²) in [5.41, 5.74) is 2.85. The summed E-state index contributed by atoms with van der Waals surface area (Å²) in [5, 5.41) is 26.8. The van der Waals surface area contributed by atoms with Gasteiger partial charge in [0.1, 0.15) is 18.9 Å². The fourth-order valence-electron chi connectivity index (χ4n) is 7.86. The van der Waals surface area contributed by atoms with Crippen molar-refractivity contribution in [1.29, 1.82) is 0 Å². The fourth-order valence-corrected chi connectivity index (χ4v) is 8.05. The summed E-state index contributed by atoms with van der Waals surface area (Å²) < 4.78 is 52.1. The Morgan fingerprint density at radius 1 is 0.714 bits per heavy atom. The highest BCUT2D eigenvalue weighted by Crippen LogP contribution is 2.40. The smallest absolute Gasteiger partial charge is 0.322 e. The van der Waals surface area contributed by atoms with Gasteiger partial charge in [0.05, 0.1) is 102 Å². The van der Waals surface area contributed by atoms with Crippen molar-refractivity contribution < 1.29 is 61.9 Å². The molecule has 2 aromatic heterocycles. The van der Waals surface area contributed by atoms with Crippen molar-refractivity contribution in [2.75, 3.05) is 118 Å². The molecule has 0 unspecified atom stereocenters. The van der Waals surface area contributed by atoms with Crippen LogP contribution < -0.4 is 16.0 Å². The lowest BCUT2D eigenvalue weighted by Crippen LogP contribution is -2.40. The summed E-state index contributed by atoms with van der Waals surface area (Å²) in [7, 11) is 1.77. The highest BCUT2D eigenvalue weighted by atomic mass is 35.5. The van der Waals surface area contributed by atoms with E-state index in [0.717, 1.165) is 43.7 Å². The number of amides is 4. The summed E-state index contributed by atoms with van der Waals surface area (Å²) >= 11 is 5.67. The number of ether oxygens (including phenoxy) is 6. The second-order valence-corrected chi connectivity index (χ2v) is 17.0. The van der Waals surface area contributed by atoms with Gasteiger partial charge in [-0.1, -0.05) is 25.0 Å². The minimum Gasteiger partial charge on any atom is -0.480 e. The third-order valence-corrected chi connectivity index (χ3v) is 11.8. The Hall–Kier alpha value is -5.29. The van der Waals surface area contributed by atoms with E-state index in [9.17, 15) is 24.0 Å². The molecule has 4 N–H and O–H groups in total. The van der Waals surface area contributed by atoms with Crippen LogP contribution in [-0.2, 0) is 66.0 Å². The van der Waals surface area contributed by atoms with Gasteiger partial charge in [-0.25, -0.2) is 4.39 Å². The lowest BCUT2D eigenvalue weighted by molar-refractivity contribution is -0.137. The van der Waals surface area contributed by atoms with Gasteiger partial charge in [-0.05, 0) is 49.4 Å². The van der Waals surface area contributed by atoms with Gasteiger partial charge in [0.15, 0.2) is 0 Å². The first-order valence-electron chi connectivity index (χ1n) is 24.0. The molecule has 70 heavy (non-hydrogen) atoms. The number of carboxylic acids is 1. The molecule has 1 aliphatic rings. The average Bonchev–Trinajstić information content (AvgIpc) is 3.91. The van der Waals surface area contributed by atoms with Crippen LogP contribution in [0.15, 0.2) is 36.5 Å². The van der Waals surface area contributed by atoms with Crippen LogP contribution in [-0.4, -0.2) is 177 Å². The van der Waals surface area contributed by atoms with Crippen molar-refractivity contribution in [2.45, 2.75) is 63.8 Å². The van der Waals surface area contributed by atoms with Crippen molar-refractivity contribution >= 4 is 63.0 Å². The first-order chi connectivity index (χ1) is 34.0. The molecule has 22 heteroatoms. The molecule has 1 fully saturated rings. The molecule has 2 aromatic carbocycles. The Balaban J connectivity index is 0.968. The van der Waals surface area contributed by atoms with Crippen molar-refractivity contribution in [3.63, 3.8) is 0 Å². The number of halogens is 2. The Morgan fingerprint density at radius 3 is 1.97 bits per heavy atom. The molecular formula is C48H68ClFN8O12. The van der Waals surface area contributed by atoms with Crippen LogP contribution in [0, 0.1) is 5.82 Å². The van der Waals surface area contributed by atoms with E-state index in [-0.39, 0.29) is 37.1 Å². The van der Waals surface area contributed by atoms with Crippen molar-refractivity contribution in [3.05, 3.63) is 48.0 Å². The zero-order valence-corrected chi connectivity index (χ0v) is 40.8. The zero-order valence-electron chi connectivity index (χ0n) is 40.1. The van der Waals surface area contributed by atoms with Gasteiger partial charge < -0.3 is 54.4 Å². The maximum absolute atomic E-state index is 15.9. The van der Waals surface area contributed by atoms with E-state index >= 15 is 4.39 Å². The van der Waals surface area contributed by atoms with E-state index in [1.165, 1.54) is 10.7 Å².